The highest BCUT2D eigenvalue weighted by Crippen LogP contribution is 2.19. The number of carbonyl (C=O) groups is 1. The van der Waals surface area contributed by atoms with Gasteiger partial charge in [0.2, 0.25) is 0 Å². The highest BCUT2D eigenvalue weighted by atomic mass is 79.9. The van der Waals surface area contributed by atoms with Crippen molar-refractivity contribution < 1.29 is 4.79 Å². The second-order valence-corrected chi connectivity index (χ2v) is 6.02. The first-order chi connectivity index (χ1) is 10.0. The van der Waals surface area contributed by atoms with E-state index in [2.05, 4.69) is 34.9 Å². The number of nitrogens with zero attached hydrogens (tertiary/aromatic N) is 2. The van der Waals surface area contributed by atoms with E-state index in [1.165, 1.54) is 5.56 Å². The van der Waals surface area contributed by atoms with Gasteiger partial charge in [-0.25, -0.2) is 0 Å². The van der Waals surface area contributed by atoms with Gasteiger partial charge in [0.25, 0.3) is 0 Å². The lowest BCUT2D eigenvalue weighted by molar-refractivity contribution is 0.104. The van der Waals surface area contributed by atoms with Crippen LogP contribution < -0.4 is 0 Å². The fourth-order valence-corrected chi connectivity index (χ4v) is 2.50. The van der Waals surface area contributed by atoms with Crippen molar-refractivity contribution in [1.29, 1.82) is 0 Å². The van der Waals surface area contributed by atoms with Crippen LogP contribution in [-0.4, -0.2) is 15.6 Å². The number of aryl methyl sites for hydroxylation is 1. The quantitative estimate of drug-likeness (QED) is 0.581. The summed E-state index contributed by atoms with van der Waals surface area (Å²) in [4.78, 5) is 12.2. The fourth-order valence-electron chi connectivity index (χ4n) is 2.07. The van der Waals surface area contributed by atoms with Crippen LogP contribution >= 0.6 is 15.9 Å². The summed E-state index contributed by atoms with van der Waals surface area (Å²) >= 11 is 3.44. The van der Waals surface area contributed by atoms with Crippen LogP contribution in [0.5, 0.6) is 0 Å². The monoisotopic (exact) mass is 346 g/mol. The van der Waals surface area contributed by atoms with Crippen molar-refractivity contribution in [2.45, 2.75) is 33.2 Å². The second kappa shape index (κ2) is 6.85. The van der Waals surface area contributed by atoms with E-state index in [4.69, 9.17) is 0 Å². The summed E-state index contributed by atoms with van der Waals surface area (Å²) in [6.45, 7) is 7.06. The van der Waals surface area contributed by atoms with E-state index in [-0.39, 0.29) is 5.78 Å². The van der Waals surface area contributed by atoms with E-state index < -0.39 is 0 Å². The number of benzene rings is 1. The molecule has 0 unspecified atom stereocenters. The number of rotatable bonds is 5. The van der Waals surface area contributed by atoms with Crippen LogP contribution in [0.2, 0.25) is 0 Å². The van der Waals surface area contributed by atoms with Gasteiger partial charge in [0.1, 0.15) is 0 Å². The third-order valence-electron chi connectivity index (χ3n) is 3.39. The summed E-state index contributed by atoms with van der Waals surface area (Å²) in [5, 5.41) is 4.22. The average molecular weight is 347 g/mol. The molecule has 4 heteroatoms. The van der Waals surface area contributed by atoms with Crippen molar-refractivity contribution in [3.63, 3.8) is 0 Å². The first-order valence-corrected chi connectivity index (χ1v) is 7.86. The molecule has 0 saturated carbocycles. The summed E-state index contributed by atoms with van der Waals surface area (Å²) in [5.74, 6) is 0.473. The Morgan fingerprint density at radius 3 is 2.57 bits per heavy atom. The number of ketones is 1. The molecule has 1 aromatic carbocycles. The maximum atomic E-state index is 12.2. The molecule has 110 valence electrons. The normalized spacial score (nSPS) is 11.5. The SMILES string of the molecule is CCn1ncc(Br)c1/C=C/C(=O)c1ccc(C(C)C)cc1. The number of hydrogen-bond acceptors (Lipinski definition) is 2. The minimum Gasteiger partial charge on any atom is -0.289 e. The van der Waals surface area contributed by atoms with Crippen molar-refractivity contribution in [2.75, 3.05) is 0 Å². The van der Waals surface area contributed by atoms with E-state index in [0.29, 0.717) is 11.5 Å². The van der Waals surface area contributed by atoms with Crippen LogP contribution in [0.4, 0.5) is 0 Å². The van der Waals surface area contributed by atoms with Gasteiger partial charge in [-0.05, 0) is 46.5 Å². The Balaban J connectivity index is 2.17. The van der Waals surface area contributed by atoms with Crippen molar-refractivity contribution in [3.05, 3.63) is 57.8 Å². The Kier molecular flexibility index (Phi) is 5.12. The molecule has 0 fully saturated rings. The first-order valence-electron chi connectivity index (χ1n) is 7.06. The summed E-state index contributed by atoms with van der Waals surface area (Å²) in [6.07, 6.45) is 5.14. The van der Waals surface area contributed by atoms with Crippen LogP contribution in [0, 0.1) is 0 Å². The molecule has 0 aliphatic carbocycles. The molecule has 0 aliphatic heterocycles. The molecular weight excluding hydrogens is 328 g/mol. The largest absolute Gasteiger partial charge is 0.289 e. The van der Waals surface area contributed by atoms with Gasteiger partial charge in [0.05, 0.1) is 16.4 Å². The molecule has 1 aromatic heterocycles. The highest BCUT2D eigenvalue weighted by molar-refractivity contribution is 9.10. The molecule has 1 heterocycles. The lowest BCUT2D eigenvalue weighted by Crippen LogP contribution is -2.00. The predicted octanol–water partition coefficient (Wildman–Crippen LogP) is 4.69. The van der Waals surface area contributed by atoms with E-state index in [1.807, 2.05) is 35.9 Å². The molecule has 2 rings (SSSR count). The summed E-state index contributed by atoms with van der Waals surface area (Å²) in [7, 11) is 0. The van der Waals surface area contributed by atoms with E-state index in [1.54, 1.807) is 18.3 Å². The maximum absolute atomic E-state index is 12.2. The summed E-state index contributed by atoms with van der Waals surface area (Å²) in [5.41, 5.74) is 2.85. The second-order valence-electron chi connectivity index (χ2n) is 5.17. The minimum absolute atomic E-state index is 0.000981. The molecule has 0 amide bonds. The molecule has 0 saturated heterocycles. The molecule has 0 atom stereocenters. The van der Waals surface area contributed by atoms with Crippen LogP contribution in [0.15, 0.2) is 41.0 Å². The third kappa shape index (κ3) is 3.70. The van der Waals surface area contributed by atoms with Gasteiger partial charge in [-0.1, -0.05) is 38.1 Å². The molecule has 3 nitrogen and oxygen atoms in total. The number of aromatic nitrogens is 2. The molecule has 0 bridgehead atoms. The number of allylic oxidation sites excluding steroid dienone is 1. The first kappa shape index (κ1) is 15.7. The van der Waals surface area contributed by atoms with Crippen molar-refractivity contribution in [2.24, 2.45) is 0 Å². The summed E-state index contributed by atoms with van der Waals surface area (Å²) in [6, 6.07) is 7.79. The zero-order valence-electron chi connectivity index (χ0n) is 12.5. The third-order valence-corrected chi connectivity index (χ3v) is 4.00. The Bertz CT molecular complexity index is 654. The van der Waals surface area contributed by atoms with Gasteiger partial charge in [-0.3, -0.25) is 9.48 Å². The molecule has 0 N–H and O–H groups in total. The Labute approximate surface area is 133 Å². The van der Waals surface area contributed by atoms with E-state index >= 15 is 0 Å². The Morgan fingerprint density at radius 1 is 1.33 bits per heavy atom. The topological polar surface area (TPSA) is 34.9 Å². The number of hydrogen-bond donors (Lipinski definition) is 0. The van der Waals surface area contributed by atoms with Gasteiger partial charge in [-0.15, -0.1) is 0 Å². The lowest BCUT2D eigenvalue weighted by atomic mass is 10.0. The molecule has 0 aliphatic rings. The predicted molar refractivity (Wildman–Crippen MR) is 89.5 cm³/mol. The molecular formula is C17H19BrN2O. The van der Waals surface area contributed by atoms with Gasteiger partial charge >= 0.3 is 0 Å². The van der Waals surface area contributed by atoms with Crippen LogP contribution in [0.1, 0.15) is 48.3 Å². The zero-order chi connectivity index (χ0) is 15.4. The van der Waals surface area contributed by atoms with Crippen molar-refractivity contribution in [3.8, 4) is 0 Å². The van der Waals surface area contributed by atoms with Crippen molar-refractivity contribution in [1.82, 2.24) is 9.78 Å². The van der Waals surface area contributed by atoms with Gasteiger partial charge in [0, 0.05) is 12.1 Å². The minimum atomic E-state index is 0.000981. The van der Waals surface area contributed by atoms with Gasteiger partial charge < -0.3 is 0 Å². The number of halogens is 1. The highest BCUT2D eigenvalue weighted by Gasteiger charge is 2.07. The smallest absolute Gasteiger partial charge is 0.185 e. The molecule has 0 spiro atoms. The lowest BCUT2D eigenvalue weighted by Gasteiger charge is -2.05. The standard InChI is InChI=1S/C17H19BrN2O/c1-4-20-16(15(18)11-19-20)9-10-17(21)14-7-5-13(6-8-14)12(2)3/h5-12H,4H2,1-3H3/b10-9+. The van der Waals surface area contributed by atoms with Gasteiger partial charge in [-0.2, -0.15) is 5.10 Å². The fraction of sp³-hybridized carbons (Fsp3) is 0.294. The summed E-state index contributed by atoms with van der Waals surface area (Å²) < 4.78 is 2.74. The molecule has 0 radical (unpaired) electrons. The maximum Gasteiger partial charge on any atom is 0.185 e. The van der Waals surface area contributed by atoms with Crippen LogP contribution in [-0.2, 0) is 6.54 Å². The van der Waals surface area contributed by atoms with E-state index in [9.17, 15) is 4.79 Å². The molecule has 21 heavy (non-hydrogen) atoms. The van der Waals surface area contributed by atoms with E-state index in [0.717, 1.165) is 16.7 Å². The molecule has 2 aromatic rings. The van der Waals surface area contributed by atoms with Crippen LogP contribution in [0.25, 0.3) is 6.08 Å². The zero-order valence-corrected chi connectivity index (χ0v) is 14.1. The Hall–Kier alpha value is -1.68. The van der Waals surface area contributed by atoms with Crippen LogP contribution in [0.3, 0.4) is 0 Å². The Morgan fingerprint density at radius 2 is 2.00 bits per heavy atom. The number of carbonyl (C=O) groups excluding carboxylic acids is 1. The van der Waals surface area contributed by atoms with Gasteiger partial charge in [0.15, 0.2) is 5.78 Å². The van der Waals surface area contributed by atoms with Crippen molar-refractivity contribution >= 4 is 27.8 Å². The average Bonchev–Trinajstić information content (AvgIpc) is 2.85.